The monoisotopic (exact) mass is 432 g/mol. The van der Waals surface area contributed by atoms with Crippen LogP contribution < -0.4 is 5.73 Å². The van der Waals surface area contributed by atoms with E-state index in [9.17, 15) is 14.7 Å². The van der Waals surface area contributed by atoms with Crippen LogP contribution in [0, 0.1) is 0 Å². The SMILES string of the molecule is CN1CC[C@@](O)(c2cc(-c3cccc(-c4cc5c(c(C(N)=O)n4)CCCC5)c3)no2)C1=O. The molecule has 0 spiro atoms. The number of rotatable bonds is 4. The average Bonchev–Trinajstić information content (AvgIpc) is 3.41. The van der Waals surface area contributed by atoms with E-state index in [0.717, 1.165) is 47.9 Å². The zero-order valence-electron chi connectivity index (χ0n) is 17.8. The van der Waals surface area contributed by atoms with Gasteiger partial charge in [-0.3, -0.25) is 9.59 Å². The Morgan fingerprint density at radius 3 is 2.62 bits per heavy atom. The van der Waals surface area contributed by atoms with Crippen LogP contribution in [0.1, 0.15) is 46.6 Å². The van der Waals surface area contributed by atoms with E-state index in [1.807, 2.05) is 30.3 Å². The second-order valence-corrected chi connectivity index (χ2v) is 8.56. The van der Waals surface area contributed by atoms with Crippen LogP contribution in [0.2, 0.25) is 0 Å². The van der Waals surface area contributed by atoms with Crippen molar-refractivity contribution in [3.8, 4) is 22.5 Å². The number of hydrogen-bond donors (Lipinski definition) is 2. The average molecular weight is 432 g/mol. The number of hydrogen-bond acceptors (Lipinski definition) is 6. The van der Waals surface area contributed by atoms with Gasteiger partial charge in [0.25, 0.3) is 11.8 Å². The van der Waals surface area contributed by atoms with Crippen LogP contribution in [-0.2, 0) is 23.2 Å². The minimum absolute atomic E-state index is 0.134. The van der Waals surface area contributed by atoms with E-state index in [0.29, 0.717) is 23.6 Å². The Labute approximate surface area is 185 Å². The predicted octanol–water partition coefficient (Wildman–Crippen LogP) is 2.43. The van der Waals surface area contributed by atoms with Crippen molar-refractivity contribution in [2.24, 2.45) is 5.73 Å². The highest BCUT2D eigenvalue weighted by atomic mass is 16.5. The highest BCUT2D eigenvalue weighted by molar-refractivity contribution is 5.93. The molecule has 1 aromatic carbocycles. The summed E-state index contributed by atoms with van der Waals surface area (Å²) in [5.74, 6) is -0.775. The highest BCUT2D eigenvalue weighted by Gasteiger charge is 2.48. The van der Waals surface area contributed by atoms with Crippen molar-refractivity contribution in [2.45, 2.75) is 37.7 Å². The van der Waals surface area contributed by atoms with Crippen molar-refractivity contribution in [1.82, 2.24) is 15.0 Å². The molecule has 8 nitrogen and oxygen atoms in total. The molecule has 1 fully saturated rings. The van der Waals surface area contributed by atoms with Crippen molar-refractivity contribution in [2.75, 3.05) is 13.6 Å². The number of fused-ring (bicyclic) bond motifs is 1. The molecule has 3 heterocycles. The van der Waals surface area contributed by atoms with E-state index >= 15 is 0 Å². The topological polar surface area (TPSA) is 123 Å². The Balaban J connectivity index is 1.52. The third-order valence-electron chi connectivity index (χ3n) is 6.45. The molecule has 2 aliphatic rings. The second kappa shape index (κ2) is 7.56. The Hall–Kier alpha value is -3.52. The summed E-state index contributed by atoms with van der Waals surface area (Å²) in [4.78, 5) is 30.4. The molecular weight excluding hydrogens is 408 g/mol. The van der Waals surface area contributed by atoms with Crippen molar-refractivity contribution >= 4 is 11.8 Å². The number of aryl methyl sites for hydroxylation is 1. The van der Waals surface area contributed by atoms with Gasteiger partial charge in [-0.1, -0.05) is 23.4 Å². The first kappa shape index (κ1) is 20.4. The van der Waals surface area contributed by atoms with Crippen molar-refractivity contribution in [1.29, 1.82) is 0 Å². The van der Waals surface area contributed by atoms with Crippen molar-refractivity contribution in [3.05, 3.63) is 59.0 Å². The lowest BCUT2D eigenvalue weighted by Gasteiger charge is -2.19. The maximum Gasteiger partial charge on any atom is 0.267 e. The number of pyridine rings is 1. The minimum Gasteiger partial charge on any atom is -0.373 e. The molecular formula is C24H24N4O4. The van der Waals surface area contributed by atoms with E-state index in [-0.39, 0.29) is 12.2 Å². The molecule has 1 aliphatic carbocycles. The van der Waals surface area contributed by atoms with Gasteiger partial charge < -0.3 is 20.3 Å². The summed E-state index contributed by atoms with van der Waals surface area (Å²) in [7, 11) is 1.65. The number of nitrogens with two attached hydrogens (primary N) is 1. The van der Waals surface area contributed by atoms with Gasteiger partial charge in [-0.2, -0.15) is 0 Å². The van der Waals surface area contributed by atoms with Gasteiger partial charge >= 0.3 is 0 Å². The molecule has 5 rings (SSSR count). The zero-order valence-corrected chi connectivity index (χ0v) is 17.8. The fourth-order valence-corrected chi connectivity index (χ4v) is 4.62. The number of carbonyl (C=O) groups excluding carboxylic acids is 2. The van der Waals surface area contributed by atoms with E-state index in [4.69, 9.17) is 10.3 Å². The Morgan fingerprint density at radius 1 is 1.16 bits per heavy atom. The molecule has 2 aromatic heterocycles. The van der Waals surface area contributed by atoms with Crippen LogP contribution >= 0.6 is 0 Å². The number of likely N-dealkylation sites (tertiary alicyclic amines) is 1. The van der Waals surface area contributed by atoms with Crippen LogP contribution in [0.25, 0.3) is 22.5 Å². The Bertz CT molecular complexity index is 1230. The van der Waals surface area contributed by atoms with Gasteiger partial charge in [-0.05, 0) is 48.9 Å². The van der Waals surface area contributed by atoms with Crippen LogP contribution in [-0.4, -0.2) is 45.6 Å². The third-order valence-corrected chi connectivity index (χ3v) is 6.45. The Kier molecular flexibility index (Phi) is 4.82. The maximum atomic E-state index is 12.4. The minimum atomic E-state index is -1.69. The smallest absolute Gasteiger partial charge is 0.267 e. The van der Waals surface area contributed by atoms with Gasteiger partial charge in [0.05, 0.1) is 5.69 Å². The lowest BCUT2D eigenvalue weighted by Crippen LogP contribution is -2.35. The van der Waals surface area contributed by atoms with Gasteiger partial charge in [0.1, 0.15) is 11.4 Å². The van der Waals surface area contributed by atoms with Crippen LogP contribution in [0.3, 0.4) is 0 Å². The lowest BCUT2D eigenvalue weighted by molar-refractivity contribution is -0.144. The van der Waals surface area contributed by atoms with Crippen molar-refractivity contribution < 1.29 is 19.2 Å². The highest BCUT2D eigenvalue weighted by Crippen LogP contribution is 2.35. The number of aliphatic hydroxyl groups is 1. The zero-order chi connectivity index (χ0) is 22.5. The van der Waals surface area contributed by atoms with E-state index in [1.165, 1.54) is 4.90 Å². The number of primary amides is 1. The van der Waals surface area contributed by atoms with Crippen LogP contribution in [0.15, 0.2) is 40.9 Å². The molecule has 2 amide bonds. The normalized spacial score (nSPS) is 20.4. The summed E-state index contributed by atoms with van der Waals surface area (Å²) in [5, 5.41) is 14.9. The third kappa shape index (κ3) is 3.27. The number of amides is 2. The first-order valence-electron chi connectivity index (χ1n) is 10.8. The van der Waals surface area contributed by atoms with E-state index < -0.39 is 17.4 Å². The first-order chi connectivity index (χ1) is 15.4. The number of carbonyl (C=O) groups is 2. The number of aromatic nitrogens is 2. The maximum absolute atomic E-state index is 12.4. The molecule has 1 atom stereocenters. The standard InChI is InChI=1S/C24H24N4O4/c1-28-10-9-24(31,23(28)30)20-13-19(27-32-20)16-7-4-6-15(11-16)18-12-14-5-2-3-8-17(14)21(26-18)22(25)29/h4,6-7,11-13,31H,2-3,5,8-10H2,1H3,(H2,25,29)/t24-/m1/s1. The summed E-state index contributed by atoms with van der Waals surface area (Å²) < 4.78 is 5.37. The summed E-state index contributed by atoms with van der Waals surface area (Å²) >= 11 is 0. The Morgan fingerprint density at radius 2 is 1.91 bits per heavy atom. The summed E-state index contributed by atoms with van der Waals surface area (Å²) in [5.41, 5.74) is 9.11. The second-order valence-electron chi connectivity index (χ2n) is 8.56. The molecule has 0 radical (unpaired) electrons. The fourth-order valence-electron chi connectivity index (χ4n) is 4.62. The quantitative estimate of drug-likeness (QED) is 0.653. The summed E-state index contributed by atoms with van der Waals surface area (Å²) in [6, 6.07) is 11.2. The lowest BCUT2D eigenvalue weighted by atomic mass is 9.89. The van der Waals surface area contributed by atoms with Gasteiger partial charge in [0, 0.05) is 37.2 Å². The molecule has 8 heteroatoms. The molecule has 3 aromatic rings. The largest absolute Gasteiger partial charge is 0.373 e. The predicted molar refractivity (Wildman–Crippen MR) is 116 cm³/mol. The van der Waals surface area contributed by atoms with E-state index in [1.54, 1.807) is 13.1 Å². The number of benzene rings is 1. The van der Waals surface area contributed by atoms with Crippen LogP contribution in [0.4, 0.5) is 0 Å². The van der Waals surface area contributed by atoms with Gasteiger partial charge in [-0.15, -0.1) is 0 Å². The molecule has 1 saturated heterocycles. The van der Waals surface area contributed by atoms with Gasteiger partial charge in [0.2, 0.25) is 5.60 Å². The molecule has 1 aliphatic heterocycles. The first-order valence-corrected chi connectivity index (χ1v) is 10.8. The van der Waals surface area contributed by atoms with Crippen LogP contribution in [0.5, 0.6) is 0 Å². The molecule has 164 valence electrons. The van der Waals surface area contributed by atoms with Gasteiger partial charge in [-0.25, -0.2) is 4.98 Å². The summed E-state index contributed by atoms with van der Waals surface area (Å²) in [6.45, 7) is 0.451. The number of nitrogens with zero attached hydrogens (tertiary/aromatic N) is 3. The molecule has 3 N–H and O–H groups in total. The molecule has 32 heavy (non-hydrogen) atoms. The number of likely N-dealkylation sites (N-methyl/N-ethyl adjacent to an activating group) is 1. The molecule has 0 unspecified atom stereocenters. The van der Waals surface area contributed by atoms with Gasteiger partial charge in [0.15, 0.2) is 5.76 Å². The van der Waals surface area contributed by atoms with Crippen molar-refractivity contribution in [3.63, 3.8) is 0 Å². The van der Waals surface area contributed by atoms with E-state index in [2.05, 4.69) is 10.1 Å². The molecule has 0 saturated carbocycles. The fraction of sp³-hybridized carbons (Fsp3) is 0.333. The molecule has 0 bridgehead atoms. The summed E-state index contributed by atoms with van der Waals surface area (Å²) in [6.07, 6.45) is 4.08.